The standard InChI is InChI=1S/C5H3N3OS2/c9-4-2-3(6-1-7-4)8-5(10)11-2/h1H,(H2,6,7,8,9,10). The number of rotatable bonds is 0. The average molecular weight is 185 g/mol. The van der Waals surface area contributed by atoms with E-state index in [0.717, 1.165) is 0 Å². The molecular formula is C5H3N3OS2. The van der Waals surface area contributed by atoms with Gasteiger partial charge in [-0.25, -0.2) is 9.97 Å². The van der Waals surface area contributed by atoms with Crippen molar-refractivity contribution in [3.05, 3.63) is 16.7 Å². The molecule has 0 aliphatic heterocycles. The fourth-order valence-corrected chi connectivity index (χ4v) is 1.78. The van der Waals surface area contributed by atoms with Gasteiger partial charge in [0, 0.05) is 0 Å². The number of aromatic nitrogens is 3. The normalized spacial score (nSPS) is 10.6. The average Bonchev–Trinajstić information content (AvgIpc) is 2.31. The van der Waals surface area contributed by atoms with Crippen molar-refractivity contribution in [3.63, 3.8) is 0 Å². The molecule has 0 aliphatic carbocycles. The summed E-state index contributed by atoms with van der Waals surface area (Å²) in [5.74, 6) is 0. The van der Waals surface area contributed by atoms with Crippen LogP contribution in [0.2, 0.25) is 0 Å². The van der Waals surface area contributed by atoms with Crippen LogP contribution in [-0.2, 0) is 0 Å². The molecule has 0 aliphatic rings. The van der Waals surface area contributed by atoms with E-state index in [4.69, 9.17) is 0 Å². The van der Waals surface area contributed by atoms with Crippen molar-refractivity contribution in [2.75, 3.05) is 0 Å². The molecule has 0 aromatic carbocycles. The summed E-state index contributed by atoms with van der Waals surface area (Å²) in [5, 5.41) is 0. The zero-order valence-corrected chi connectivity index (χ0v) is 6.95. The van der Waals surface area contributed by atoms with Crippen LogP contribution < -0.4 is 5.56 Å². The molecule has 4 nitrogen and oxygen atoms in total. The fraction of sp³-hybridized carbons (Fsp3) is 0. The quantitative estimate of drug-likeness (QED) is 0.593. The summed E-state index contributed by atoms with van der Waals surface area (Å²) in [6.45, 7) is 0. The van der Waals surface area contributed by atoms with Crippen molar-refractivity contribution in [3.8, 4) is 0 Å². The molecule has 2 rings (SSSR count). The van der Waals surface area contributed by atoms with Crippen molar-refractivity contribution in [2.45, 2.75) is 4.34 Å². The van der Waals surface area contributed by atoms with Crippen molar-refractivity contribution in [2.24, 2.45) is 0 Å². The van der Waals surface area contributed by atoms with Crippen LogP contribution in [0, 0.1) is 0 Å². The van der Waals surface area contributed by atoms with Crippen molar-refractivity contribution in [1.29, 1.82) is 0 Å². The minimum absolute atomic E-state index is 0.159. The van der Waals surface area contributed by atoms with E-state index in [9.17, 15) is 4.79 Å². The second kappa shape index (κ2) is 2.31. The highest BCUT2D eigenvalue weighted by atomic mass is 32.2. The highest BCUT2D eigenvalue weighted by Gasteiger charge is 2.03. The number of hydrogen-bond acceptors (Lipinski definition) is 5. The number of thiol groups is 1. The van der Waals surface area contributed by atoms with Gasteiger partial charge in [-0.15, -0.1) is 24.0 Å². The monoisotopic (exact) mass is 185 g/mol. The Labute approximate surface area is 70.7 Å². The summed E-state index contributed by atoms with van der Waals surface area (Å²) in [5.41, 5.74) is 0.302. The minimum atomic E-state index is -0.159. The fourth-order valence-electron chi connectivity index (χ4n) is 0.754. The predicted molar refractivity (Wildman–Crippen MR) is 45.3 cm³/mol. The summed E-state index contributed by atoms with van der Waals surface area (Å²) in [6, 6.07) is 0. The van der Waals surface area contributed by atoms with Gasteiger partial charge >= 0.3 is 0 Å². The molecule has 0 spiro atoms. The third kappa shape index (κ3) is 1.04. The van der Waals surface area contributed by atoms with Crippen LogP contribution in [0.25, 0.3) is 10.3 Å². The van der Waals surface area contributed by atoms with Gasteiger partial charge in [-0.3, -0.25) is 4.79 Å². The maximum absolute atomic E-state index is 11.0. The van der Waals surface area contributed by atoms with Gasteiger partial charge in [-0.1, -0.05) is 0 Å². The molecule has 0 saturated heterocycles. The minimum Gasteiger partial charge on any atom is -0.312 e. The van der Waals surface area contributed by atoms with Crippen LogP contribution in [0.5, 0.6) is 0 Å². The highest BCUT2D eigenvalue weighted by molar-refractivity contribution is 7.82. The molecule has 0 saturated carbocycles. The third-order valence-corrected chi connectivity index (χ3v) is 2.41. The van der Waals surface area contributed by atoms with E-state index in [1.807, 2.05) is 0 Å². The van der Waals surface area contributed by atoms with E-state index in [1.54, 1.807) is 0 Å². The number of fused-ring (bicyclic) bond motifs is 1. The Morgan fingerprint density at radius 3 is 3.18 bits per heavy atom. The number of nitrogens with one attached hydrogen (secondary N) is 1. The number of thiazole rings is 1. The molecule has 0 atom stereocenters. The largest absolute Gasteiger partial charge is 0.312 e. The molecule has 11 heavy (non-hydrogen) atoms. The van der Waals surface area contributed by atoms with Crippen molar-refractivity contribution in [1.82, 2.24) is 15.0 Å². The second-order valence-electron chi connectivity index (χ2n) is 1.88. The molecule has 2 heterocycles. The first kappa shape index (κ1) is 6.81. The lowest BCUT2D eigenvalue weighted by atomic mass is 10.6. The summed E-state index contributed by atoms with van der Waals surface area (Å²) in [6.07, 6.45) is 1.33. The van der Waals surface area contributed by atoms with Gasteiger partial charge in [0.25, 0.3) is 5.56 Å². The summed E-state index contributed by atoms with van der Waals surface area (Å²) < 4.78 is 1.08. The van der Waals surface area contributed by atoms with Crippen molar-refractivity contribution < 1.29 is 0 Å². The number of nitrogens with zero attached hydrogens (tertiary/aromatic N) is 2. The topological polar surface area (TPSA) is 58.6 Å². The van der Waals surface area contributed by atoms with Crippen LogP contribution in [0.15, 0.2) is 15.5 Å². The lowest BCUT2D eigenvalue weighted by Crippen LogP contribution is -2.03. The first-order chi connectivity index (χ1) is 5.27. The molecule has 0 radical (unpaired) electrons. The maximum atomic E-state index is 11.0. The van der Waals surface area contributed by atoms with E-state index in [0.29, 0.717) is 14.7 Å². The number of hydrogen-bond donors (Lipinski definition) is 2. The molecule has 0 amide bonds. The molecule has 2 aromatic rings. The van der Waals surface area contributed by atoms with Crippen LogP contribution in [0.4, 0.5) is 0 Å². The van der Waals surface area contributed by atoms with Gasteiger partial charge in [0.2, 0.25) is 0 Å². The Kier molecular flexibility index (Phi) is 1.43. The van der Waals surface area contributed by atoms with Crippen molar-refractivity contribution >= 4 is 34.3 Å². The van der Waals surface area contributed by atoms with E-state index in [1.165, 1.54) is 17.7 Å². The van der Waals surface area contributed by atoms with Gasteiger partial charge in [0.15, 0.2) is 5.65 Å². The molecular weight excluding hydrogens is 182 g/mol. The van der Waals surface area contributed by atoms with Gasteiger partial charge in [-0.2, -0.15) is 0 Å². The van der Waals surface area contributed by atoms with Crippen LogP contribution in [0.3, 0.4) is 0 Å². The zero-order chi connectivity index (χ0) is 7.84. The molecule has 0 fully saturated rings. The van der Waals surface area contributed by atoms with Gasteiger partial charge < -0.3 is 4.98 Å². The van der Waals surface area contributed by atoms with Gasteiger partial charge in [0.05, 0.1) is 6.33 Å². The molecule has 0 bridgehead atoms. The summed E-state index contributed by atoms with van der Waals surface area (Å²) in [4.78, 5) is 21.3. The molecule has 2 aromatic heterocycles. The second-order valence-corrected chi connectivity index (χ2v) is 3.61. The highest BCUT2D eigenvalue weighted by Crippen LogP contribution is 2.18. The Bertz CT molecular complexity index is 446. The summed E-state index contributed by atoms with van der Waals surface area (Å²) in [7, 11) is 0. The Hall–Kier alpha value is -0.880. The first-order valence-corrected chi connectivity index (χ1v) is 4.07. The van der Waals surface area contributed by atoms with Gasteiger partial charge in [0.1, 0.15) is 9.04 Å². The lowest BCUT2D eigenvalue weighted by molar-refractivity contribution is 1.14. The van der Waals surface area contributed by atoms with Crippen LogP contribution in [-0.4, -0.2) is 15.0 Å². The predicted octanol–water partition coefficient (Wildman–Crippen LogP) is 0.668. The van der Waals surface area contributed by atoms with Crippen LogP contribution >= 0.6 is 24.0 Å². The summed E-state index contributed by atoms with van der Waals surface area (Å²) >= 11 is 5.23. The number of aromatic amines is 1. The third-order valence-electron chi connectivity index (χ3n) is 1.19. The number of H-pyrrole nitrogens is 1. The van der Waals surface area contributed by atoms with E-state index in [-0.39, 0.29) is 5.56 Å². The molecule has 0 unspecified atom stereocenters. The SMILES string of the molecule is O=c1[nH]cnc2nc(S)sc12. The van der Waals surface area contributed by atoms with E-state index in [2.05, 4.69) is 27.6 Å². The Balaban J connectivity index is 3.02. The van der Waals surface area contributed by atoms with Crippen LogP contribution in [0.1, 0.15) is 0 Å². The lowest BCUT2D eigenvalue weighted by Gasteiger charge is -1.80. The Morgan fingerprint density at radius 2 is 2.45 bits per heavy atom. The molecule has 56 valence electrons. The smallest absolute Gasteiger partial charge is 0.270 e. The zero-order valence-electron chi connectivity index (χ0n) is 5.24. The molecule has 1 N–H and O–H groups in total. The van der Waals surface area contributed by atoms with E-state index < -0.39 is 0 Å². The maximum Gasteiger partial charge on any atom is 0.270 e. The van der Waals surface area contributed by atoms with E-state index >= 15 is 0 Å². The first-order valence-electron chi connectivity index (χ1n) is 2.80. The Morgan fingerprint density at radius 1 is 1.64 bits per heavy atom. The molecule has 6 heteroatoms. The van der Waals surface area contributed by atoms with Gasteiger partial charge in [-0.05, 0) is 0 Å².